The summed E-state index contributed by atoms with van der Waals surface area (Å²) in [6.07, 6.45) is 1.60. The van der Waals surface area contributed by atoms with Gasteiger partial charge in [0.1, 0.15) is 18.2 Å². The maximum Gasteiger partial charge on any atom is 0.232 e. The number of benzene rings is 2. The number of carbonyl (C=O) groups excluding carboxylic acids is 1. The first kappa shape index (κ1) is 21.7. The average molecular weight is 408 g/mol. The van der Waals surface area contributed by atoms with Crippen LogP contribution in [0.5, 0.6) is 5.75 Å². The largest absolute Gasteiger partial charge is 0.491 e. The van der Waals surface area contributed by atoms with Gasteiger partial charge in [-0.3, -0.25) is 9.10 Å². The minimum absolute atomic E-state index is 0.137. The normalized spacial score (nSPS) is 11.1. The molecule has 0 bridgehead atoms. The summed E-state index contributed by atoms with van der Waals surface area (Å²) in [6.45, 7) is 2.79. The first-order chi connectivity index (χ1) is 13.3. The van der Waals surface area contributed by atoms with Crippen molar-refractivity contribution in [1.82, 2.24) is 5.32 Å². The third-order valence-electron chi connectivity index (χ3n) is 4.06. The first-order valence-corrected chi connectivity index (χ1v) is 10.8. The number of ether oxygens (including phenoxy) is 1. The van der Waals surface area contributed by atoms with E-state index in [1.807, 2.05) is 31.2 Å². The van der Waals surface area contributed by atoms with Gasteiger partial charge in [0.15, 0.2) is 0 Å². The zero-order valence-corrected chi connectivity index (χ0v) is 16.8. The number of rotatable bonds is 10. The Morgan fingerprint density at radius 1 is 1.14 bits per heavy atom. The van der Waals surface area contributed by atoms with Gasteiger partial charge in [0, 0.05) is 13.0 Å². The fraction of sp³-hybridized carbons (Fsp3) is 0.350. The molecule has 0 aliphatic heterocycles. The second kappa shape index (κ2) is 10.1. The standard InChI is InChI=1S/C20H25FN2O4S/c1-16-6-3-4-7-19(16)27-15-13-22-20(24)8-5-14-23(28(2,25)26)18-11-9-17(21)10-12-18/h3-4,6-7,9-12H,5,8,13-15H2,1-2H3,(H,22,24). The van der Waals surface area contributed by atoms with Gasteiger partial charge in [-0.15, -0.1) is 0 Å². The van der Waals surface area contributed by atoms with E-state index in [9.17, 15) is 17.6 Å². The number of sulfonamides is 1. The summed E-state index contributed by atoms with van der Waals surface area (Å²) in [6, 6.07) is 12.8. The number of nitrogens with zero attached hydrogens (tertiary/aromatic N) is 1. The topological polar surface area (TPSA) is 75.7 Å². The Morgan fingerprint density at radius 3 is 2.46 bits per heavy atom. The zero-order valence-electron chi connectivity index (χ0n) is 16.0. The summed E-state index contributed by atoms with van der Waals surface area (Å²) in [4.78, 5) is 11.9. The van der Waals surface area contributed by atoms with Crippen LogP contribution < -0.4 is 14.4 Å². The number of halogens is 1. The Balaban J connectivity index is 1.75. The number of nitrogens with one attached hydrogen (secondary N) is 1. The molecule has 0 aromatic heterocycles. The fourth-order valence-corrected chi connectivity index (χ4v) is 3.60. The molecule has 0 aliphatic rings. The Bertz CT molecular complexity index is 885. The summed E-state index contributed by atoms with van der Waals surface area (Å²) >= 11 is 0. The molecule has 0 atom stereocenters. The Labute approximate surface area is 165 Å². The van der Waals surface area contributed by atoms with E-state index in [4.69, 9.17) is 4.74 Å². The van der Waals surface area contributed by atoms with Gasteiger partial charge in [0.2, 0.25) is 15.9 Å². The highest BCUT2D eigenvalue weighted by molar-refractivity contribution is 7.92. The molecule has 1 N–H and O–H groups in total. The molecule has 2 aromatic rings. The second-order valence-electron chi connectivity index (χ2n) is 6.38. The van der Waals surface area contributed by atoms with Gasteiger partial charge in [0.05, 0.1) is 18.5 Å². The van der Waals surface area contributed by atoms with Crippen LogP contribution in [0, 0.1) is 12.7 Å². The van der Waals surface area contributed by atoms with Crippen molar-refractivity contribution in [1.29, 1.82) is 0 Å². The predicted octanol–water partition coefficient (Wildman–Crippen LogP) is 2.88. The molecule has 0 radical (unpaired) electrons. The molecular formula is C20H25FN2O4S. The van der Waals surface area contributed by atoms with E-state index in [0.29, 0.717) is 25.3 Å². The van der Waals surface area contributed by atoms with E-state index < -0.39 is 15.8 Å². The molecule has 28 heavy (non-hydrogen) atoms. The first-order valence-electron chi connectivity index (χ1n) is 8.96. The summed E-state index contributed by atoms with van der Waals surface area (Å²) in [5, 5.41) is 2.75. The quantitative estimate of drug-likeness (QED) is 0.614. The molecule has 0 aliphatic carbocycles. The van der Waals surface area contributed by atoms with Crippen molar-refractivity contribution in [2.45, 2.75) is 19.8 Å². The molecule has 152 valence electrons. The number of carbonyl (C=O) groups is 1. The number of amides is 1. The monoisotopic (exact) mass is 408 g/mol. The van der Waals surface area contributed by atoms with E-state index in [0.717, 1.165) is 17.6 Å². The van der Waals surface area contributed by atoms with Crippen LogP contribution in [0.15, 0.2) is 48.5 Å². The summed E-state index contributed by atoms with van der Waals surface area (Å²) in [7, 11) is -3.53. The molecule has 0 spiro atoms. The highest BCUT2D eigenvalue weighted by atomic mass is 32.2. The number of hydrogen-bond donors (Lipinski definition) is 1. The summed E-state index contributed by atoms with van der Waals surface area (Å²) in [5.74, 6) is 0.158. The van der Waals surface area contributed by atoms with Crippen molar-refractivity contribution in [2.75, 3.05) is 30.3 Å². The lowest BCUT2D eigenvalue weighted by Crippen LogP contribution is -2.32. The van der Waals surface area contributed by atoms with E-state index in [2.05, 4.69) is 5.32 Å². The third kappa shape index (κ3) is 6.84. The lowest BCUT2D eigenvalue weighted by molar-refractivity contribution is -0.121. The fourth-order valence-electron chi connectivity index (χ4n) is 2.64. The maximum atomic E-state index is 13.1. The maximum absolute atomic E-state index is 13.1. The van der Waals surface area contributed by atoms with Crippen molar-refractivity contribution in [3.05, 3.63) is 59.9 Å². The predicted molar refractivity (Wildman–Crippen MR) is 108 cm³/mol. The van der Waals surface area contributed by atoms with Crippen molar-refractivity contribution >= 4 is 21.6 Å². The van der Waals surface area contributed by atoms with E-state index in [1.165, 1.54) is 28.6 Å². The van der Waals surface area contributed by atoms with Gasteiger partial charge in [-0.25, -0.2) is 12.8 Å². The highest BCUT2D eigenvalue weighted by Crippen LogP contribution is 2.19. The van der Waals surface area contributed by atoms with Crippen LogP contribution in [0.4, 0.5) is 10.1 Å². The SMILES string of the molecule is Cc1ccccc1OCCNC(=O)CCCN(c1ccc(F)cc1)S(C)(=O)=O. The van der Waals surface area contributed by atoms with Crippen LogP contribution in [0.2, 0.25) is 0 Å². The molecule has 2 aromatic carbocycles. The number of para-hydroxylation sites is 1. The molecule has 8 heteroatoms. The average Bonchev–Trinajstić information content (AvgIpc) is 2.64. The zero-order chi connectivity index (χ0) is 20.6. The van der Waals surface area contributed by atoms with Crippen molar-refractivity contribution < 1.29 is 22.3 Å². The Hall–Kier alpha value is -2.61. The minimum Gasteiger partial charge on any atom is -0.491 e. The van der Waals surface area contributed by atoms with Crippen molar-refractivity contribution in [3.8, 4) is 5.75 Å². The summed E-state index contributed by atoms with van der Waals surface area (Å²) in [5.41, 5.74) is 1.39. The van der Waals surface area contributed by atoms with Gasteiger partial charge in [0.25, 0.3) is 0 Å². The van der Waals surface area contributed by atoms with Gasteiger partial charge >= 0.3 is 0 Å². The van der Waals surface area contributed by atoms with E-state index >= 15 is 0 Å². The van der Waals surface area contributed by atoms with Crippen LogP contribution in [-0.2, 0) is 14.8 Å². The molecule has 0 saturated carbocycles. The van der Waals surface area contributed by atoms with Crippen LogP contribution in [-0.4, -0.2) is 40.3 Å². The van der Waals surface area contributed by atoms with E-state index in [1.54, 1.807) is 0 Å². The molecule has 0 heterocycles. The van der Waals surface area contributed by atoms with Crippen LogP contribution in [0.3, 0.4) is 0 Å². The van der Waals surface area contributed by atoms with Crippen LogP contribution >= 0.6 is 0 Å². The highest BCUT2D eigenvalue weighted by Gasteiger charge is 2.17. The van der Waals surface area contributed by atoms with Gasteiger partial charge in [-0.1, -0.05) is 18.2 Å². The molecule has 0 fully saturated rings. The Kier molecular flexibility index (Phi) is 7.80. The molecular weight excluding hydrogens is 383 g/mol. The van der Waals surface area contributed by atoms with Crippen molar-refractivity contribution in [2.24, 2.45) is 0 Å². The third-order valence-corrected chi connectivity index (χ3v) is 5.25. The number of aryl methyl sites for hydroxylation is 1. The number of hydrogen-bond acceptors (Lipinski definition) is 4. The van der Waals surface area contributed by atoms with Crippen LogP contribution in [0.1, 0.15) is 18.4 Å². The van der Waals surface area contributed by atoms with Gasteiger partial charge in [-0.2, -0.15) is 0 Å². The molecule has 0 unspecified atom stereocenters. The molecule has 0 saturated heterocycles. The van der Waals surface area contributed by atoms with E-state index in [-0.39, 0.29) is 18.9 Å². The number of anilines is 1. The van der Waals surface area contributed by atoms with Gasteiger partial charge in [-0.05, 0) is 49.2 Å². The molecule has 1 amide bonds. The second-order valence-corrected chi connectivity index (χ2v) is 8.29. The lowest BCUT2D eigenvalue weighted by atomic mass is 10.2. The molecule has 6 nitrogen and oxygen atoms in total. The van der Waals surface area contributed by atoms with Gasteiger partial charge < -0.3 is 10.1 Å². The lowest BCUT2D eigenvalue weighted by Gasteiger charge is -2.22. The Morgan fingerprint density at radius 2 is 1.82 bits per heavy atom. The summed E-state index contributed by atoms with van der Waals surface area (Å²) < 4.78 is 43.8. The van der Waals surface area contributed by atoms with Crippen molar-refractivity contribution in [3.63, 3.8) is 0 Å². The van der Waals surface area contributed by atoms with Crippen LogP contribution in [0.25, 0.3) is 0 Å². The smallest absolute Gasteiger partial charge is 0.232 e. The minimum atomic E-state index is -3.53. The molecule has 2 rings (SSSR count).